The van der Waals surface area contributed by atoms with Crippen molar-refractivity contribution in [3.8, 4) is 0 Å². The standard InChI is InChI=1S/C10H13NS/c1-8-4-6-10(7-5-8)11-9(2)12-3/h4-7H,1-3H3/b11-9-. The molecule has 0 bridgehead atoms. The fourth-order valence-corrected chi connectivity index (χ4v) is 1.04. The molecule has 0 aromatic heterocycles. The summed E-state index contributed by atoms with van der Waals surface area (Å²) in [7, 11) is 0. The minimum Gasteiger partial charge on any atom is -0.247 e. The number of aliphatic imine (C=N–C) groups is 1. The molecule has 0 aliphatic rings. The summed E-state index contributed by atoms with van der Waals surface area (Å²) in [6.45, 7) is 4.10. The Bertz CT molecular complexity index is 274. The first-order valence-corrected chi connectivity index (χ1v) is 5.11. The molecule has 0 N–H and O–H groups in total. The third kappa shape index (κ3) is 2.70. The van der Waals surface area contributed by atoms with Gasteiger partial charge in [0.05, 0.1) is 10.7 Å². The van der Waals surface area contributed by atoms with Crippen LogP contribution in [0.15, 0.2) is 29.3 Å². The maximum absolute atomic E-state index is 4.40. The average Bonchev–Trinajstić information content (AvgIpc) is 2.09. The molecule has 1 nitrogen and oxygen atoms in total. The van der Waals surface area contributed by atoms with Crippen LogP contribution in [-0.2, 0) is 0 Å². The van der Waals surface area contributed by atoms with E-state index >= 15 is 0 Å². The number of hydrogen-bond acceptors (Lipinski definition) is 2. The SMILES string of the molecule is CS/C(C)=N\c1ccc(C)cc1. The number of rotatable bonds is 1. The van der Waals surface area contributed by atoms with Gasteiger partial charge in [-0.25, -0.2) is 4.99 Å². The van der Waals surface area contributed by atoms with Gasteiger partial charge in [-0.15, -0.1) is 11.8 Å². The Labute approximate surface area is 77.9 Å². The van der Waals surface area contributed by atoms with E-state index in [1.807, 2.05) is 25.3 Å². The van der Waals surface area contributed by atoms with Gasteiger partial charge in [0.1, 0.15) is 0 Å². The molecule has 0 aliphatic carbocycles. The van der Waals surface area contributed by atoms with E-state index < -0.39 is 0 Å². The summed E-state index contributed by atoms with van der Waals surface area (Å²) in [4.78, 5) is 4.40. The Hall–Kier alpha value is -0.760. The van der Waals surface area contributed by atoms with Crippen molar-refractivity contribution in [1.82, 2.24) is 0 Å². The van der Waals surface area contributed by atoms with Gasteiger partial charge in [-0.2, -0.15) is 0 Å². The lowest BCUT2D eigenvalue weighted by Gasteiger charge is -1.96. The van der Waals surface area contributed by atoms with Crippen LogP contribution >= 0.6 is 11.8 Å². The van der Waals surface area contributed by atoms with Crippen LogP contribution in [0.5, 0.6) is 0 Å². The lowest BCUT2D eigenvalue weighted by atomic mass is 10.2. The Balaban J connectivity index is 2.84. The van der Waals surface area contributed by atoms with Crippen LogP contribution in [0.1, 0.15) is 12.5 Å². The molecular formula is C10H13NS. The van der Waals surface area contributed by atoms with Gasteiger partial charge in [-0.1, -0.05) is 17.7 Å². The second-order valence-electron chi connectivity index (χ2n) is 2.67. The number of aryl methyl sites for hydroxylation is 1. The van der Waals surface area contributed by atoms with E-state index in [0.717, 1.165) is 10.7 Å². The Kier molecular flexibility index (Phi) is 3.35. The molecule has 0 unspecified atom stereocenters. The highest BCUT2D eigenvalue weighted by Crippen LogP contribution is 2.14. The van der Waals surface area contributed by atoms with Crippen LogP contribution in [0.4, 0.5) is 5.69 Å². The molecule has 0 saturated carbocycles. The van der Waals surface area contributed by atoms with Crippen molar-refractivity contribution in [1.29, 1.82) is 0 Å². The summed E-state index contributed by atoms with van der Waals surface area (Å²) in [6.07, 6.45) is 2.03. The fraction of sp³-hybridized carbons (Fsp3) is 0.300. The zero-order valence-corrected chi connectivity index (χ0v) is 8.48. The Morgan fingerprint density at radius 1 is 1.25 bits per heavy atom. The predicted octanol–water partition coefficient (Wildman–Crippen LogP) is 3.41. The smallest absolute Gasteiger partial charge is 0.0704 e. The summed E-state index contributed by atoms with van der Waals surface area (Å²) in [5.41, 5.74) is 2.31. The third-order valence-electron chi connectivity index (χ3n) is 1.62. The van der Waals surface area contributed by atoms with E-state index in [2.05, 4.69) is 24.0 Å². The molecule has 0 radical (unpaired) electrons. The van der Waals surface area contributed by atoms with Gasteiger partial charge in [0.2, 0.25) is 0 Å². The van der Waals surface area contributed by atoms with Crippen LogP contribution in [0.25, 0.3) is 0 Å². The van der Waals surface area contributed by atoms with Gasteiger partial charge < -0.3 is 0 Å². The monoisotopic (exact) mass is 179 g/mol. The second kappa shape index (κ2) is 4.31. The van der Waals surface area contributed by atoms with Crippen molar-refractivity contribution in [2.45, 2.75) is 13.8 Å². The highest BCUT2D eigenvalue weighted by atomic mass is 32.2. The summed E-state index contributed by atoms with van der Waals surface area (Å²) in [5.74, 6) is 0. The predicted molar refractivity (Wildman–Crippen MR) is 57.5 cm³/mol. The zero-order valence-electron chi connectivity index (χ0n) is 7.66. The van der Waals surface area contributed by atoms with Gasteiger partial charge in [0, 0.05) is 0 Å². The van der Waals surface area contributed by atoms with Crippen LogP contribution in [0.2, 0.25) is 0 Å². The lowest BCUT2D eigenvalue weighted by molar-refractivity contribution is 1.43. The summed E-state index contributed by atoms with van der Waals surface area (Å²) >= 11 is 1.67. The van der Waals surface area contributed by atoms with Crippen LogP contribution in [0.3, 0.4) is 0 Å². The van der Waals surface area contributed by atoms with Crippen molar-refractivity contribution in [2.75, 3.05) is 6.26 Å². The zero-order chi connectivity index (χ0) is 8.97. The first-order chi connectivity index (χ1) is 5.72. The van der Waals surface area contributed by atoms with E-state index in [-0.39, 0.29) is 0 Å². The molecular weight excluding hydrogens is 166 g/mol. The van der Waals surface area contributed by atoms with Gasteiger partial charge in [0.15, 0.2) is 0 Å². The van der Waals surface area contributed by atoms with Gasteiger partial charge in [-0.3, -0.25) is 0 Å². The van der Waals surface area contributed by atoms with Gasteiger partial charge >= 0.3 is 0 Å². The number of nitrogens with zero attached hydrogens (tertiary/aromatic N) is 1. The molecule has 2 heteroatoms. The number of thioether (sulfide) groups is 1. The number of hydrogen-bond donors (Lipinski definition) is 0. The number of benzene rings is 1. The molecule has 0 spiro atoms. The second-order valence-corrected chi connectivity index (χ2v) is 3.67. The maximum atomic E-state index is 4.40. The molecule has 1 rings (SSSR count). The van der Waals surface area contributed by atoms with Crippen molar-refractivity contribution in [3.05, 3.63) is 29.8 Å². The topological polar surface area (TPSA) is 12.4 Å². The maximum Gasteiger partial charge on any atom is 0.0704 e. The molecule has 0 amide bonds. The van der Waals surface area contributed by atoms with Crippen LogP contribution in [0, 0.1) is 6.92 Å². The lowest BCUT2D eigenvalue weighted by Crippen LogP contribution is -1.79. The highest BCUT2D eigenvalue weighted by molar-refractivity contribution is 8.13. The summed E-state index contributed by atoms with van der Waals surface area (Å²) < 4.78 is 0. The third-order valence-corrected chi connectivity index (χ3v) is 2.30. The minimum absolute atomic E-state index is 1.03. The summed E-state index contributed by atoms with van der Waals surface area (Å²) in [6, 6.07) is 8.23. The Morgan fingerprint density at radius 2 is 1.83 bits per heavy atom. The van der Waals surface area contributed by atoms with E-state index in [1.165, 1.54) is 5.56 Å². The Morgan fingerprint density at radius 3 is 2.33 bits per heavy atom. The quantitative estimate of drug-likeness (QED) is 0.475. The molecule has 1 aromatic carbocycles. The molecule has 64 valence electrons. The summed E-state index contributed by atoms with van der Waals surface area (Å²) in [5, 5.41) is 1.10. The van der Waals surface area contributed by atoms with Crippen molar-refractivity contribution in [2.24, 2.45) is 4.99 Å². The van der Waals surface area contributed by atoms with Crippen molar-refractivity contribution < 1.29 is 0 Å². The van der Waals surface area contributed by atoms with Gasteiger partial charge in [0.25, 0.3) is 0 Å². The molecule has 0 fully saturated rings. The van der Waals surface area contributed by atoms with Crippen molar-refractivity contribution >= 4 is 22.5 Å². The van der Waals surface area contributed by atoms with Gasteiger partial charge in [-0.05, 0) is 32.2 Å². The highest BCUT2D eigenvalue weighted by Gasteiger charge is 1.89. The van der Waals surface area contributed by atoms with E-state index in [9.17, 15) is 0 Å². The van der Waals surface area contributed by atoms with E-state index in [4.69, 9.17) is 0 Å². The van der Waals surface area contributed by atoms with Crippen LogP contribution < -0.4 is 0 Å². The minimum atomic E-state index is 1.03. The molecule has 0 aliphatic heterocycles. The molecule has 0 heterocycles. The first-order valence-electron chi connectivity index (χ1n) is 3.88. The van der Waals surface area contributed by atoms with E-state index in [1.54, 1.807) is 11.8 Å². The first kappa shape index (κ1) is 9.33. The van der Waals surface area contributed by atoms with Crippen LogP contribution in [-0.4, -0.2) is 11.3 Å². The normalized spacial score (nSPS) is 11.8. The molecule has 1 aromatic rings. The molecule has 0 atom stereocenters. The fourth-order valence-electron chi connectivity index (χ4n) is 0.847. The largest absolute Gasteiger partial charge is 0.247 e. The molecule has 12 heavy (non-hydrogen) atoms. The molecule has 0 saturated heterocycles. The van der Waals surface area contributed by atoms with E-state index in [0.29, 0.717) is 0 Å². The average molecular weight is 179 g/mol. The van der Waals surface area contributed by atoms with Crippen molar-refractivity contribution in [3.63, 3.8) is 0 Å².